The molecule has 3 amide bonds. The van der Waals surface area contributed by atoms with Crippen LogP contribution in [0.3, 0.4) is 0 Å². The zero-order chi connectivity index (χ0) is 24.2. The van der Waals surface area contributed by atoms with Crippen LogP contribution in [0.25, 0.3) is 0 Å². The van der Waals surface area contributed by atoms with Gasteiger partial charge in [-0.2, -0.15) is 0 Å². The monoisotopic (exact) mass is 453 g/mol. The maximum Gasteiger partial charge on any atom is 0.290 e. The highest BCUT2D eigenvalue weighted by Crippen LogP contribution is 2.52. The van der Waals surface area contributed by atoms with Crippen molar-refractivity contribution in [2.24, 2.45) is 5.92 Å². The first-order chi connectivity index (χ1) is 14.7. The first kappa shape index (κ1) is 23.9. The Kier molecular flexibility index (Phi) is 5.97. The topological polar surface area (TPSA) is 110 Å². The number of phenolic OH excluding ortho intramolecular Hbond substituents is 1. The number of aliphatic hydroxyl groups excluding tert-OH is 1. The summed E-state index contributed by atoms with van der Waals surface area (Å²) in [5.74, 6) is -5.68. The number of hydrogen-bond acceptors (Lipinski definition) is 5. The number of halogens is 2. The Balaban J connectivity index is 1.71. The molecule has 3 rings (SSSR count). The van der Waals surface area contributed by atoms with Crippen molar-refractivity contribution in [3.05, 3.63) is 28.8 Å². The number of likely N-dealkylation sites (tertiary alicyclic amines) is 2. The second kappa shape index (κ2) is 7.99. The van der Waals surface area contributed by atoms with Gasteiger partial charge in [-0.15, -0.1) is 0 Å². The highest BCUT2D eigenvalue weighted by atomic mass is 19.3. The van der Waals surface area contributed by atoms with Gasteiger partial charge in [0.15, 0.2) is 0 Å². The highest BCUT2D eigenvalue weighted by Gasteiger charge is 2.77. The molecule has 8 nitrogen and oxygen atoms in total. The summed E-state index contributed by atoms with van der Waals surface area (Å²) in [6, 6.07) is 1.68. The normalized spacial score (nSPS) is 24.9. The average molecular weight is 453 g/mol. The molecule has 1 unspecified atom stereocenters. The highest BCUT2D eigenvalue weighted by molar-refractivity contribution is 5.99. The van der Waals surface area contributed by atoms with E-state index in [2.05, 4.69) is 5.32 Å². The van der Waals surface area contributed by atoms with Crippen LogP contribution in [0.2, 0.25) is 0 Å². The number of aryl methyl sites for hydroxylation is 1. The molecule has 0 spiro atoms. The van der Waals surface area contributed by atoms with Crippen LogP contribution in [0, 0.1) is 19.8 Å². The number of nitrogens with zero attached hydrogens (tertiary/aromatic N) is 2. The van der Waals surface area contributed by atoms with Crippen LogP contribution < -0.4 is 5.32 Å². The lowest BCUT2D eigenvalue weighted by Crippen LogP contribution is -2.78. The molecule has 1 aromatic rings. The van der Waals surface area contributed by atoms with E-state index in [1.54, 1.807) is 19.9 Å². The predicted molar refractivity (Wildman–Crippen MR) is 111 cm³/mol. The summed E-state index contributed by atoms with van der Waals surface area (Å²) < 4.78 is 29.7. The van der Waals surface area contributed by atoms with Crippen molar-refractivity contribution < 1.29 is 33.4 Å². The Morgan fingerprint density at radius 3 is 2.50 bits per heavy atom. The van der Waals surface area contributed by atoms with Gasteiger partial charge in [-0.1, -0.05) is 13.8 Å². The van der Waals surface area contributed by atoms with Gasteiger partial charge in [0.1, 0.15) is 23.4 Å². The predicted octanol–water partition coefficient (Wildman–Crippen LogP) is 1.20. The summed E-state index contributed by atoms with van der Waals surface area (Å²) in [4.78, 5) is 39.6. The minimum atomic E-state index is -3.34. The number of alkyl halides is 2. The molecule has 3 N–H and O–H groups in total. The summed E-state index contributed by atoms with van der Waals surface area (Å²) in [6.45, 7) is 6.75. The number of rotatable bonds is 6. The maximum absolute atomic E-state index is 14.9. The molecule has 2 saturated heterocycles. The average Bonchev–Trinajstić information content (AvgIpc) is 2.89. The van der Waals surface area contributed by atoms with E-state index >= 15 is 0 Å². The molecule has 3 atom stereocenters. The van der Waals surface area contributed by atoms with E-state index in [0.717, 1.165) is 9.80 Å². The third kappa shape index (κ3) is 3.60. The molecule has 0 radical (unpaired) electrons. The van der Waals surface area contributed by atoms with E-state index in [9.17, 15) is 33.4 Å². The van der Waals surface area contributed by atoms with Crippen molar-refractivity contribution in [2.75, 3.05) is 19.6 Å². The van der Waals surface area contributed by atoms with Crippen LogP contribution in [0.4, 0.5) is 8.78 Å². The van der Waals surface area contributed by atoms with Gasteiger partial charge < -0.3 is 25.3 Å². The number of nitrogens with one attached hydrogen (secondary N) is 1. The number of phenols is 1. The standard InChI is InChI=1S/C22H29F2N3O5/c1-11(2)9-27-20(32)17-21(27,5)22(23,24)10-26(17)19(31)16(29)8-25-18(30)14-6-12(3)7-15(28)13(14)4/h6-7,11,16-17,28-29H,8-10H2,1-5H3,(H,25,30)/t16-,17+,21?/m0/s1. The minimum absolute atomic E-state index is 0.0254. The number of benzene rings is 1. The summed E-state index contributed by atoms with van der Waals surface area (Å²) in [5, 5.41) is 22.6. The lowest BCUT2D eigenvalue weighted by atomic mass is 9.77. The van der Waals surface area contributed by atoms with Crippen molar-refractivity contribution in [1.82, 2.24) is 15.1 Å². The van der Waals surface area contributed by atoms with E-state index in [0.29, 0.717) is 11.1 Å². The van der Waals surface area contributed by atoms with E-state index < -0.39 is 54.4 Å². The van der Waals surface area contributed by atoms with E-state index in [1.165, 1.54) is 13.0 Å². The van der Waals surface area contributed by atoms with Gasteiger partial charge in [-0.25, -0.2) is 8.78 Å². The summed E-state index contributed by atoms with van der Waals surface area (Å²) in [6.07, 6.45) is -1.80. The number of β-lactam (4-membered cyclic amide) rings is 1. The largest absolute Gasteiger partial charge is 0.508 e. The number of fused-ring (bicyclic) bond motifs is 1. The van der Waals surface area contributed by atoms with Crippen molar-refractivity contribution in [3.63, 3.8) is 0 Å². The lowest BCUT2D eigenvalue weighted by molar-refractivity contribution is -0.192. The number of hydrogen-bond donors (Lipinski definition) is 3. The fourth-order valence-electron chi connectivity index (χ4n) is 4.49. The first-order valence-electron chi connectivity index (χ1n) is 10.5. The Hall–Kier alpha value is -2.75. The Morgan fingerprint density at radius 1 is 1.28 bits per heavy atom. The molecule has 2 heterocycles. The summed E-state index contributed by atoms with van der Waals surface area (Å²) in [7, 11) is 0. The van der Waals surface area contributed by atoms with E-state index in [4.69, 9.17) is 0 Å². The van der Waals surface area contributed by atoms with Crippen LogP contribution in [0.5, 0.6) is 5.75 Å². The van der Waals surface area contributed by atoms with Crippen LogP contribution in [-0.2, 0) is 9.59 Å². The molecule has 0 bridgehead atoms. The Bertz CT molecular complexity index is 967. The molecule has 10 heteroatoms. The molecular formula is C22H29F2N3O5. The Labute approximate surface area is 185 Å². The van der Waals surface area contributed by atoms with Gasteiger partial charge in [-0.05, 0) is 44.4 Å². The van der Waals surface area contributed by atoms with Crippen LogP contribution in [0.15, 0.2) is 12.1 Å². The van der Waals surface area contributed by atoms with Crippen LogP contribution >= 0.6 is 0 Å². The second-order valence-corrected chi connectivity index (χ2v) is 9.25. The SMILES string of the molecule is Cc1cc(O)c(C)c(C(=O)NC[C@H](O)C(=O)N2CC(F)(F)C3(C)[C@H]2C(=O)N3CC(C)C)c1. The number of carbonyl (C=O) groups excluding carboxylic acids is 3. The minimum Gasteiger partial charge on any atom is -0.508 e. The summed E-state index contributed by atoms with van der Waals surface area (Å²) in [5.41, 5.74) is -0.693. The third-order valence-corrected chi connectivity index (χ3v) is 6.36. The number of aromatic hydroxyl groups is 1. The molecule has 2 aliphatic rings. The fourth-order valence-corrected chi connectivity index (χ4v) is 4.49. The van der Waals surface area contributed by atoms with Gasteiger partial charge in [0.25, 0.3) is 17.7 Å². The number of amides is 3. The first-order valence-corrected chi connectivity index (χ1v) is 10.5. The molecule has 32 heavy (non-hydrogen) atoms. The van der Waals surface area contributed by atoms with Gasteiger partial charge in [-0.3, -0.25) is 14.4 Å². The van der Waals surface area contributed by atoms with Crippen molar-refractivity contribution in [2.45, 2.75) is 58.2 Å². The Morgan fingerprint density at radius 2 is 1.91 bits per heavy atom. The molecule has 2 aliphatic heterocycles. The van der Waals surface area contributed by atoms with Crippen molar-refractivity contribution >= 4 is 17.7 Å². The lowest BCUT2D eigenvalue weighted by Gasteiger charge is -2.55. The molecule has 0 aliphatic carbocycles. The van der Waals surface area contributed by atoms with Gasteiger partial charge in [0, 0.05) is 17.7 Å². The second-order valence-electron chi connectivity index (χ2n) is 9.25. The molecule has 1 aromatic carbocycles. The molecule has 0 saturated carbocycles. The number of aliphatic hydroxyl groups is 1. The van der Waals surface area contributed by atoms with Crippen LogP contribution in [-0.4, -0.2) is 81.0 Å². The maximum atomic E-state index is 14.9. The van der Waals surface area contributed by atoms with Gasteiger partial charge >= 0.3 is 0 Å². The van der Waals surface area contributed by atoms with Crippen molar-refractivity contribution in [1.29, 1.82) is 0 Å². The molecule has 2 fully saturated rings. The molecular weight excluding hydrogens is 424 g/mol. The molecule has 0 aromatic heterocycles. The van der Waals surface area contributed by atoms with Gasteiger partial charge in [0.2, 0.25) is 5.91 Å². The fraction of sp³-hybridized carbons (Fsp3) is 0.591. The quantitative estimate of drug-likeness (QED) is 0.561. The molecule has 176 valence electrons. The third-order valence-electron chi connectivity index (χ3n) is 6.36. The summed E-state index contributed by atoms with van der Waals surface area (Å²) >= 11 is 0. The number of carbonyl (C=O) groups is 3. The smallest absolute Gasteiger partial charge is 0.290 e. The van der Waals surface area contributed by atoms with E-state index in [1.807, 2.05) is 13.8 Å². The zero-order valence-corrected chi connectivity index (χ0v) is 18.8. The zero-order valence-electron chi connectivity index (χ0n) is 18.8. The van der Waals surface area contributed by atoms with Gasteiger partial charge in [0.05, 0.1) is 13.1 Å². The van der Waals surface area contributed by atoms with E-state index in [-0.39, 0.29) is 23.8 Å². The van der Waals surface area contributed by atoms with Crippen molar-refractivity contribution in [3.8, 4) is 5.75 Å². The van der Waals surface area contributed by atoms with Crippen LogP contribution in [0.1, 0.15) is 42.3 Å².